The van der Waals surface area contributed by atoms with Gasteiger partial charge < -0.3 is 9.47 Å². The maximum Gasteiger partial charge on any atom is 0.264 e. The first-order valence-corrected chi connectivity index (χ1v) is 9.76. The molecule has 0 bridgehead atoms. The third kappa shape index (κ3) is 4.62. The zero-order chi connectivity index (χ0) is 18.6. The molecule has 6 heteroatoms. The molecular weight excluding hydrogens is 398 g/mol. The van der Waals surface area contributed by atoms with Crippen LogP contribution in [0.2, 0.25) is 0 Å². The van der Waals surface area contributed by atoms with Crippen LogP contribution in [-0.2, 0) is 17.9 Å². The first kappa shape index (κ1) is 19.5. The molecule has 1 amide bonds. The lowest BCUT2D eigenvalue weighted by atomic mass is 10.1. The standard InChI is InChI=1S/C19H22BrN3OS/c1-5-8-23-13(2)9-15(14(23)3)10-16(11-21)19(24)22(4)12-17-6-7-18(20)25-17/h6-7,9-10H,5,8,12H2,1-4H3/b16-10-. The number of aryl methyl sites for hydroxylation is 1. The van der Waals surface area contributed by atoms with Gasteiger partial charge in [-0.1, -0.05) is 6.92 Å². The van der Waals surface area contributed by atoms with Crippen LogP contribution >= 0.6 is 27.3 Å². The average Bonchev–Trinajstić information content (AvgIpc) is 3.10. The molecule has 0 aliphatic rings. The zero-order valence-corrected chi connectivity index (χ0v) is 17.4. The predicted molar refractivity (Wildman–Crippen MR) is 106 cm³/mol. The number of nitriles is 1. The lowest BCUT2D eigenvalue weighted by molar-refractivity contribution is -0.125. The van der Waals surface area contributed by atoms with Crippen molar-refractivity contribution in [2.75, 3.05) is 7.05 Å². The van der Waals surface area contributed by atoms with Crippen molar-refractivity contribution < 1.29 is 4.79 Å². The molecule has 0 spiro atoms. The first-order chi connectivity index (χ1) is 11.9. The van der Waals surface area contributed by atoms with Gasteiger partial charge >= 0.3 is 0 Å². The van der Waals surface area contributed by atoms with Crippen molar-refractivity contribution in [3.63, 3.8) is 0 Å². The Labute approximate surface area is 161 Å². The Morgan fingerprint density at radius 3 is 2.72 bits per heavy atom. The topological polar surface area (TPSA) is 49.0 Å². The van der Waals surface area contributed by atoms with E-state index >= 15 is 0 Å². The summed E-state index contributed by atoms with van der Waals surface area (Å²) >= 11 is 5.01. The summed E-state index contributed by atoms with van der Waals surface area (Å²) in [6.07, 6.45) is 2.75. The van der Waals surface area contributed by atoms with Crippen molar-refractivity contribution in [1.82, 2.24) is 9.47 Å². The number of rotatable bonds is 6. The first-order valence-electron chi connectivity index (χ1n) is 8.15. The summed E-state index contributed by atoms with van der Waals surface area (Å²) in [7, 11) is 1.72. The van der Waals surface area contributed by atoms with Gasteiger partial charge in [0.2, 0.25) is 0 Å². The Kier molecular flexibility index (Phi) is 6.63. The fourth-order valence-electron chi connectivity index (χ4n) is 2.79. The number of carbonyl (C=O) groups excluding carboxylic acids is 1. The number of amides is 1. The molecule has 0 unspecified atom stereocenters. The van der Waals surface area contributed by atoms with Gasteiger partial charge in [-0.3, -0.25) is 4.79 Å². The summed E-state index contributed by atoms with van der Waals surface area (Å²) in [5, 5.41) is 9.47. The van der Waals surface area contributed by atoms with Crippen LogP contribution in [0.3, 0.4) is 0 Å². The molecule has 0 aliphatic heterocycles. The highest BCUT2D eigenvalue weighted by Crippen LogP contribution is 2.24. The van der Waals surface area contributed by atoms with E-state index in [0.29, 0.717) is 6.54 Å². The van der Waals surface area contributed by atoms with Crippen LogP contribution in [0.5, 0.6) is 0 Å². The number of halogens is 1. The van der Waals surface area contributed by atoms with Crippen LogP contribution in [-0.4, -0.2) is 22.4 Å². The molecule has 2 rings (SSSR count). The minimum Gasteiger partial charge on any atom is -0.349 e. The molecule has 0 aromatic carbocycles. The molecule has 25 heavy (non-hydrogen) atoms. The van der Waals surface area contributed by atoms with Crippen LogP contribution in [0.4, 0.5) is 0 Å². The molecule has 0 N–H and O–H groups in total. The zero-order valence-electron chi connectivity index (χ0n) is 15.0. The number of carbonyl (C=O) groups is 1. The van der Waals surface area contributed by atoms with E-state index in [9.17, 15) is 10.1 Å². The fraction of sp³-hybridized carbons (Fsp3) is 0.368. The highest BCUT2D eigenvalue weighted by Gasteiger charge is 2.17. The van der Waals surface area contributed by atoms with Gasteiger partial charge in [0.1, 0.15) is 11.6 Å². The molecule has 2 aromatic heterocycles. The van der Waals surface area contributed by atoms with E-state index in [0.717, 1.165) is 38.6 Å². The Hall–Kier alpha value is -1.84. The van der Waals surface area contributed by atoms with Crippen LogP contribution in [0.15, 0.2) is 27.6 Å². The third-order valence-corrected chi connectivity index (χ3v) is 5.69. The number of hydrogen-bond donors (Lipinski definition) is 0. The van der Waals surface area contributed by atoms with Crippen molar-refractivity contribution in [2.45, 2.75) is 40.3 Å². The van der Waals surface area contributed by atoms with Gasteiger partial charge in [-0.25, -0.2) is 0 Å². The SMILES string of the molecule is CCCn1c(C)cc(/C=C(/C#N)C(=O)N(C)Cc2ccc(Br)s2)c1C. The smallest absolute Gasteiger partial charge is 0.264 e. The van der Waals surface area contributed by atoms with Crippen molar-refractivity contribution in [3.05, 3.63) is 49.4 Å². The highest BCUT2D eigenvalue weighted by molar-refractivity contribution is 9.11. The van der Waals surface area contributed by atoms with Gasteiger partial charge in [0, 0.05) is 29.9 Å². The van der Waals surface area contributed by atoms with E-state index in [1.165, 1.54) is 0 Å². The van der Waals surface area contributed by atoms with Crippen LogP contribution in [0.25, 0.3) is 6.08 Å². The summed E-state index contributed by atoms with van der Waals surface area (Å²) < 4.78 is 3.25. The van der Waals surface area contributed by atoms with Gasteiger partial charge in [-0.15, -0.1) is 11.3 Å². The number of aromatic nitrogens is 1. The van der Waals surface area contributed by atoms with Crippen molar-refractivity contribution in [3.8, 4) is 6.07 Å². The van der Waals surface area contributed by atoms with Crippen LogP contribution in [0.1, 0.15) is 35.2 Å². The molecule has 2 aromatic rings. The second-order valence-corrected chi connectivity index (χ2v) is 8.56. The molecule has 0 atom stereocenters. The van der Waals surface area contributed by atoms with E-state index in [-0.39, 0.29) is 11.5 Å². The van der Waals surface area contributed by atoms with Crippen LogP contribution in [0, 0.1) is 25.2 Å². The van der Waals surface area contributed by atoms with E-state index in [4.69, 9.17) is 0 Å². The summed E-state index contributed by atoms with van der Waals surface area (Å²) in [6, 6.07) is 8.04. The molecule has 4 nitrogen and oxygen atoms in total. The monoisotopic (exact) mass is 419 g/mol. The molecular formula is C19H22BrN3OS. The highest BCUT2D eigenvalue weighted by atomic mass is 79.9. The Bertz CT molecular complexity index is 841. The van der Waals surface area contributed by atoms with Gasteiger partial charge in [0.05, 0.1) is 10.3 Å². The maximum atomic E-state index is 12.6. The predicted octanol–water partition coefficient (Wildman–Crippen LogP) is 4.90. The Morgan fingerprint density at radius 2 is 2.16 bits per heavy atom. The number of thiophene rings is 1. The fourth-order valence-corrected chi connectivity index (χ4v) is 4.32. The lowest BCUT2D eigenvalue weighted by Crippen LogP contribution is -2.26. The average molecular weight is 420 g/mol. The van der Waals surface area contributed by atoms with Gasteiger partial charge in [0.15, 0.2) is 0 Å². The normalized spacial score (nSPS) is 11.4. The molecule has 2 heterocycles. The van der Waals surface area contributed by atoms with Crippen molar-refractivity contribution in [1.29, 1.82) is 5.26 Å². The molecule has 0 fully saturated rings. The van der Waals surface area contributed by atoms with E-state index in [1.807, 2.05) is 25.1 Å². The van der Waals surface area contributed by atoms with Gasteiger partial charge in [-0.05, 0) is 66.0 Å². The minimum atomic E-state index is -0.257. The molecule has 0 saturated carbocycles. The quantitative estimate of drug-likeness (QED) is 0.493. The minimum absolute atomic E-state index is 0.162. The molecule has 0 radical (unpaired) electrons. The van der Waals surface area contributed by atoms with Gasteiger partial charge in [0.25, 0.3) is 5.91 Å². The van der Waals surface area contributed by atoms with Crippen molar-refractivity contribution >= 4 is 39.2 Å². The van der Waals surface area contributed by atoms with E-state index in [1.54, 1.807) is 29.4 Å². The van der Waals surface area contributed by atoms with E-state index in [2.05, 4.69) is 40.4 Å². The number of hydrogen-bond acceptors (Lipinski definition) is 3. The van der Waals surface area contributed by atoms with E-state index < -0.39 is 0 Å². The summed E-state index contributed by atoms with van der Waals surface area (Å²) in [5.74, 6) is -0.257. The third-order valence-electron chi connectivity index (χ3n) is 4.08. The Balaban J connectivity index is 2.23. The largest absolute Gasteiger partial charge is 0.349 e. The van der Waals surface area contributed by atoms with Crippen molar-refractivity contribution in [2.24, 2.45) is 0 Å². The second kappa shape index (κ2) is 8.50. The summed E-state index contributed by atoms with van der Waals surface area (Å²) in [4.78, 5) is 15.3. The number of likely N-dealkylation sites (N-methyl/N-ethyl adjacent to an activating group) is 1. The Morgan fingerprint density at radius 1 is 1.44 bits per heavy atom. The number of nitrogens with zero attached hydrogens (tertiary/aromatic N) is 3. The van der Waals surface area contributed by atoms with Gasteiger partial charge in [-0.2, -0.15) is 5.26 Å². The molecule has 0 aliphatic carbocycles. The molecule has 132 valence electrons. The second-order valence-electron chi connectivity index (χ2n) is 6.01. The molecule has 0 saturated heterocycles. The summed E-state index contributed by atoms with van der Waals surface area (Å²) in [6.45, 7) is 7.64. The lowest BCUT2D eigenvalue weighted by Gasteiger charge is -2.15. The summed E-state index contributed by atoms with van der Waals surface area (Å²) in [5.41, 5.74) is 3.33. The maximum absolute atomic E-state index is 12.6. The van der Waals surface area contributed by atoms with Crippen LogP contribution < -0.4 is 0 Å².